The average molecular weight is 266 g/mol. The predicted molar refractivity (Wildman–Crippen MR) is 74.4 cm³/mol. The molecule has 2 aliphatic rings. The van der Waals surface area contributed by atoms with Gasteiger partial charge in [-0.25, -0.2) is 0 Å². The fourth-order valence-electron chi connectivity index (χ4n) is 3.66. The van der Waals surface area contributed by atoms with Gasteiger partial charge in [0.15, 0.2) is 0 Å². The van der Waals surface area contributed by atoms with Crippen LogP contribution in [0.15, 0.2) is 0 Å². The van der Waals surface area contributed by atoms with Crippen LogP contribution < -0.4 is 5.73 Å². The molecule has 2 amide bonds. The van der Waals surface area contributed by atoms with Crippen LogP contribution in [-0.2, 0) is 9.59 Å². The summed E-state index contributed by atoms with van der Waals surface area (Å²) in [5.41, 5.74) is 5.20. The molecule has 0 aromatic carbocycles. The fourth-order valence-corrected chi connectivity index (χ4v) is 3.66. The number of rotatable bonds is 4. The van der Waals surface area contributed by atoms with Crippen LogP contribution in [0.25, 0.3) is 0 Å². The van der Waals surface area contributed by atoms with Gasteiger partial charge in [0.05, 0.1) is 0 Å². The van der Waals surface area contributed by atoms with Gasteiger partial charge in [-0.1, -0.05) is 38.5 Å². The molecule has 0 aromatic heterocycles. The number of carbonyl (C=O) groups excluding carboxylic acids is 2. The molecule has 2 N–H and O–H groups in total. The summed E-state index contributed by atoms with van der Waals surface area (Å²) in [6.45, 7) is 0. The molecule has 0 radical (unpaired) electrons. The van der Waals surface area contributed by atoms with Gasteiger partial charge in [0, 0.05) is 12.1 Å². The third kappa shape index (κ3) is 3.95. The second kappa shape index (κ2) is 6.92. The van der Waals surface area contributed by atoms with Gasteiger partial charge in [-0.2, -0.15) is 0 Å². The second-order valence-electron chi connectivity index (χ2n) is 6.03. The lowest BCUT2D eigenvalue weighted by atomic mass is 9.88. The summed E-state index contributed by atoms with van der Waals surface area (Å²) in [7, 11) is 0. The molecule has 0 spiro atoms. The van der Waals surface area contributed by atoms with E-state index in [2.05, 4.69) is 0 Å². The number of hydrogen-bond donors (Lipinski definition) is 1. The molecule has 108 valence electrons. The molecule has 0 heterocycles. The molecule has 0 aromatic rings. The number of hydrogen-bond acceptors (Lipinski definition) is 2. The van der Waals surface area contributed by atoms with Crippen molar-refractivity contribution in [1.29, 1.82) is 0 Å². The molecule has 4 heteroatoms. The Morgan fingerprint density at radius 2 is 1.26 bits per heavy atom. The molecule has 0 aliphatic heterocycles. The van der Waals surface area contributed by atoms with Gasteiger partial charge in [0.25, 0.3) is 0 Å². The first kappa shape index (κ1) is 14.4. The number of nitrogens with zero attached hydrogens (tertiary/aromatic N) is 1. The van der Waals surface area contributed by atoms with E-state index in [9.17, 15) is 9.59 Å². The number of primary amides is 1. The molecule has 0 saturated heterocycles. The zero-order valence-electron chi connectivity index (χ0n) is 11.8. The Labute approximate surface area is 115 Å². The van der Waals surface area contributed by atoms with E-state index in [0.29, 0.717) is 12.1 Å². The first-order valence-corrected chi connectivity index (χ1v) is 7.78. The van der Waals surface area contributed by atoms with Crippen LogP contribution in [0.1, 0.15) is 70.6 Å². The number of nitrogens with two attached hydrogens (primary N) is 1. The van der Waals surface area contributed by atoms with E-state index in [-0.39, 0.29) is 12.3 Å². The number of amides is 2. The molecule has 2 saturated carbocycles. The van der Waals surface area contributed by atoms with E-state index in [1.165, 1.54) is 38.5 Å². The van der Waals surface area contributed by atoms with Crippen LogP contribution >= 0.6 is 0 Å². The zero-order valence-corrected chi connectivity index (χ0v) is 11.8. The summed E-state index contributed by atoms with van der Waals surface area (Å²) in [6, 6.07) is 0.701. The maximum Gasteiger partial charge on any atom is 0.232 e. The highest BCUT2D eigenvalue weighted by Gasteiger charge is 2.32. The van der Waals surface area contributed by atoms with E-state index in [1.54, 1.807) is 0 Å². The topological polar surface area (TPSA) is 63.4 Å². The molecule has 2 rings (SSSR count). The summed E-state index contributed by atoms with van der Waals surface area (Å²) in [4.78, 5) is 25.5. The van der Waals surface area contributed by atoms with Gasteiger partial charge in [0.1, 0.15) is 6.42 Å². The maximum absolute atomic E-state index is 12.4. The van der Waals surface area contributed by atoms with Crippen LogP contribution in [0.5, 0.6) is 0 Å². The highest BCUT2D eigenvalue weighted by Crippen LogP contribution is 2.30. The Balaban J connectivity index is 2.06. The second-order valence-corrected chi connectivity index (χ2v) is 6.03. The van der Waals surface area contributed by atoms with Gasteiger partial charge >= 0.3 is 0 Å². The minimum atomic E-state index is -0.499. The van der Waals surface area contributed by atoms with Gasteiger partial charge in [-0.15, -0.1) is 0 Å². The maximum atomic E-state index is 12.4. The minimum Gasteiger partial charge on any atom is -0.369 e. The van der Waals surface area contributed by atoms with Gasteiger partial charge in [0.2, 0.25) is 11.8 Å². The van der Waals surface area contributed by atoms with Crippen LogP contribution in [0.4, 0.5) is 0 Å². The standard InChI is InChI=1S/C15H26N2O2/c16-14(18)11-15(19)17(12-7-3-1-4-8-12)13-9-5-2-6-10-13/h12-13H,1-11H2,(H2,16,18). The van der Waals surface area contributed by atoms with Crippen molar-refractivity contribution in [2.24, 2.45) is 5.73 Å². The number of carbonyl (C=O) groups is 2. The van der Waals surface area contributed by atoms with E-state index in [1.807, 2.05) is 4.90 Å². The van der Waals surface area contributed by atoms with Crippen LogP contribution in [0.3, 0.4) is 0 Å². The van der Waals surface area contributed by atoms with Crippen LogP contribution in [0, 0.1) is 0 Å². The monoisotopic (exact) mass is 266 g/mol. The summed E-state index contributed by atoms with van der Waals surface area (Å²) in [6.07, 6.45) is 11.7. The summed E-state index contributed by atoms with van der Waals surface area (Å²) < 4.78 is 0. The highest BCUT2D eigenvalue weighted by molar-refractivity contribution is 5.96. The zero-order chi connectivity index (χ0) is 13.7. The molecule has 2 fully saturated rings. The van der Waals surface area contributed by atoms with E-state index in [4.69, 9.17) is 5.73 Å². The predicted octanol–water partition coefficient (Wildman–Crippen LogP) is 2.36. The Bertz CT molecular complexity index is 300. The lowest BCUT2D eigenvalue weighted by molar-refractivity contribution is -0.140. The molecular formula is C15H26N2O2. The van der Waals surface area contributed by atoms with Gasteiger partial charge in [-0.3, -0.25) is 9.59 Å². The average Bonchev–Trinajstić information content (AvgIpc) is 2.40. The molecule has 2 aliphatic carbocycles. The Morgan fingerprint density at radius 3 is 1.63 bits per heavy atom. The van der Waals surface area contributed by atoms with Crippen molar-refractivity contribution < 1.29 is 9.59 Å². The largest absolute Gasteiger partial charge is 0.369 e. The third-order valence-corrected chi connectivity index (χ3v) is 4.55. The van der Waals surface area contributed by atoms with Gasteiger partial charge < -0.3 is 10.6 Å². The lowest BCUT2D eigenvalue weighted by Gasteiger charge is -2.41. The SMILES string of the molecule is NC(=O)CC(=O)N(C1CCCCC1)C1CCCCC1. The molecule has 0 atom stereocenters. The van der Waals surface area contributed by atoms with E-state index >= 15 is 0 Å². The van der Waals surface area contributed by atoms with Crippen molar-refractivity contribution >= 4 is 11.8 Å². The first-order valence-electron chi connectivity index (χ1n) is 7.78. The van der Waals surface area contributed by atoms with E-state index in [0.717, 1.165) is 25.7 Å². The Kier molecular flexibility index (Phi) is 5.23. The Morgan fingerprint density at radius 1 is 0.842 bits per heavy atom. The third-order valence-electron chi connectivity index (χ3n) is 4.55. The molecule has 0 bridgehead atoms. The smallest absolute Gasteiger partial charge is 0.232 e. The molecule has 0 unspecified atom stereocenters. The van der Waals surface area contributed by atoms with Crippen molar-refractivity contribution in [3.8, 4) is 0 Å². The van der Waals surface area contributed by atoms with Crippen molar-refractivity contribution in [2.75, 3.05) is 0 Å². The molecule has 19 heavy (non-hydrogen) atoms. The van der Waals surface area contributed by atoms with Crippen LogP contribution in [0.2, 0.25) is 0 Å². The first-order chi connectivity index (χ1) is 9.18. The summed E-state index contributed by atoms with van der Waals surface area (Å²) >= 11 is 0. The summed E-state index contributed by atoms with van der Waals surface area (Å²) in [5, 5.41) is 0. The normalized spacial score (nSPS) is 22.1. The fraction of sp³-hybridized carbons (Fsp3) is 0.867. The lowest BCUT2D eigenvalue weighted by Crippen LogP contribution is -2.49. The highest BCUT2D eigenvalue weighted by atomic mass is 16.2. The quantitative estimate of drug-likeness (QED) is 0.794. The van der Waals surface area contributed by atoms with Crippen molar-refractivity contribution in [1.82, 2.24) is 4.90 Å². The van der Waals surface area contributed by atoms with E-state index < -0.39 is 5.91 Å². The van der Waals surface area contributed by atoms with Gasteiger partial charge in [-0.05, 0) is 25.7 Å². The van der Waals surface area contributed by atoms with Crippen molar-refractivity contribution in [3.63, 3.8) is 0 Å². The molecular weight excluding hydrogens is 240 g/mol. The summed E-state index contributed by atoms with van der Waals surface area (Å²) in [5.74, 6) is -0.534. The molecule has 4 nitrogen and oxygen atoms in total. The van der Waals surface area contributed by atoms with Crippen LogP contribution in [-0.4, -0.2) is 28.8 Å². The van der Waals surface area contributed by atoms with Crippen molar-refractivity contribution in [3.05, 3.63) is 0 Å². The minimum absolute atomic E-state index is 0.0358. The Hall–Kier alpha value is -1.06. The van der Waals surface area contributed by atoms with Crippen molar-refractivity contribution in [2.45, 2.75) is 82.7 Å².